The summed E-state index contributed by atoms with van der Waals surface area (Å²) in [6.07, 6.45) is 5.66. The van der Waals surface area contributed by atoms with Gasteiger partial charge in [0.05, 0.1) is 4.99 Å². The van der Waals surface area contributed by atoms with Crippen LogP contribution in [0.2, 0.25) is 0 Å². The van der Waals surface area contributed by atoms with E-state index in [9.17, 15) is 4.79 Å². The van der Waals surface area contributed by atoms with Crippen LogP contribution in [0.15, 0.2) is 24.5 Å². The van der Waals surface area contributed by atoms with Crippen molar-refractivity contribution >= 4 is 23.1 Å². The van der Waals surface area contributed by atoms with Crippen molar-refractivity contribution in [2.24, 2.45) is 5.73 Å². The Morgan fingerprint density at radius 2 is 2.43 bits per heavy atom. The Morgan fingerprint density at radius 1 is 1.62 bits per heavy atom. The molecule has 6 heteroatoms. The van der Waals surface area contributed by atoms with Gasteiger partial charge in [-0.15, -0.1) is 0 Å². The molecule has 2 heterocycles. The lowest BCUT2D eigenvalue weighted by molar-refractivity contribution is -0.151. The van der Waals surface area contributed by atoms with Crippen LogP contribution in [0.5, 0.6) is 0 Å². The highest BCUT2D eigenvalue weighted by Gasteiger charge is 2.40. The van der Waals surface area contributed by atoms with Gasteiger partial charge in [-0.05, 0) is 31.4 Å². The first-order valence-electron chi connectivity index (χ1n) is 7.12. The maximum atomic E-state index is 12.8. The summed E-state index contributed by atoms with van der Waals surface area (Å²) in [6, 6.07) is 3.81. The van der Waals surface area contributed by atoms with Crippen LogP contribution < -0.4 is 5.73 Å². The molecular weight excluding hydrogens is 286 g/mol. The molecule has 1 unspecified atom stereocenters. The van der Waals surface area contributed by atoms with E-state index < -0.39 is 5.60 Å². The Bertz CT molecular complexity index is 501. The van der Waals surface area contributed by atoms with Gasteiger partial charge in [0.1, 0.15) is 5.60 Å². The highest BCUT2D eigenvalue weighted by Crippen LogP contribution is 2.28. The van der Waals surface area contributed by atoms with Crippen LogP contribution >= 0.6 is 12.2 Å². The van der Waals surface area contributed by atoms with Crippen LogP contribution in [0.1, 0.15) is 31.7 Å². The Hall–Kier alpha value is -1.53. The summed E-state index contributed by atoms with van der Waals surface area (Å²) in [5.74, 6) is 0.0000954. The Kier molecular flexibility index (Phi) is 5.25. The van der Waals surface area contributed by atoms with Crippen molar-refractivity contribution in [3.8, 4) is 0 Å². The highest BCUT2D eigenvalue weighted by atomic mass is 32.1. The van der Waals surface area contributed by atoms with E-state index in [4.69, 9.17) is 22.7 Å². The molecule has 0 saturated carbocycles. The average Bonchev–Trinajstić information content (AvgIpc) is 2.92. The first kappa shape index (κ1) is 15.9. The number of hydrogen-bond donors (Lipinski definition) is 1. The van der Waals surface area contributed by atoms with Crippen molar-refractivity contribution < 1.29 is 9.53 Å². The fourth-order valence-corrected chi connectivity index (χ4v) is 2.58. The van der Waals surface area contributed by atoms with Gasteiger partial charge >= 0.3 is 0 Å². The van der Waals surface area contributed by atoms with Crippen LogP contribution in [-0.4, -0.2) is 39.5 Å². The lowest BCUT2D eigenvalue weighted by Crippen LogP contribution is -2.47. The number of aromatic nitrogens is 1. The predicted octanol–water partition coefficient (Wildman–Crippen LogP) is 1.66. The zero-order valence-electron chi connectivity index (χ0n) is 12.2. The molecule has 0 aromatic carbocycles. The molecule has 2 N–H and O–H groups in total. The summed E-state index contributed by atoms with van der Waals surface area (Å²) >= 11 is 4.92. The van der Waals surface area contributed by atoms with Gasteiger partial charge < -0.3 is 15.4 Å². The van der Waals surface area contributed by atoms with E-state index in [1.54, 1.807) is 17.3 Å². The van der Waals surface area contributed by atoms with Crippen LogP contribution in [-0.2, 0) is 16.1 Å². The van der Waals surface area contributed by atoms with Gasteiger partial charge in [-0.25, -0.2) is 0 Å². The van der Waals surface area contributed by atoms with E-state index in [1.807, 2.05) is 19.1 Å². The lowest BCUT2D eigenvalue weighted by atomic mass is 10.0. The second-order valence-corrected chi connectivity index (χ2v) is 6.01. The third kappa shape index (κ3) is 4.22. The van der Waals surface area contributed by atoms with Gasteiger partial charge in [0, 0.05) is 38.5 Å². The molecule has 5 nitrogen and oxygen atoms in total. The highest BCUT2D eigenvalue weighted by molar-refractivity contribution is 7.80. The van der Waals surface area contributed by atoms with Crippen molar-refractivity contribution in [1.82, 2.24) is 9.88 Å². The van der Waals surface area contributed by atoms with Gasteiger partial charge in [-0.2, -0.15) is 0 Å². The Labute approximate surface area is 130 Å². The minimum Gasteiger partial charge on any atom is -0.393 e. The molecule has 0 radical (unpaired) electrons. The molecule has 0 bridgehead atoms. The number of pyridine rings is 1. The first-order valence-corrected chi connectivity index (χ1v) is 7.53. The maximum absolute atomic E-state index is 12.8. The number of thiocarbonyl (C=S) groups is 1. The Morgan fingerprint density at radius 3 is 3.00 bits per heavy atom. The van der Waals surface area contributed by atoms with Crippen LogP contribution in [0.4, 0.5) is 0 Å². The SMILES string of the molecule is CC1(C(=O)N(CCC(N)=S)Cc2cccnc2)CCCO1. The lowest BCUT2D eigenvalue weighted by Gasteiger charge is -2.31. The van der Waals surface area contributed by atoms with Gasteiger partial charge in [0.15, 0.2) is 0 Å². The largest absolute Gasteiger partial charge is 0.393 e. The maximum Gasteiger partial charge on any atom is 0.254 e. The normalized spacial score (nSPS) is 21.2. The number of amides is 1. The van der Waals surface area contributed by atoms with Gasteiger partial charge in [0.25, 0.3) is 5.91 Å². The number of nitrogens with two attached hydrogens (primary N) is 1. The zero-order valence-corrected chi connectivity index (χ0v) is 13.1. The molecule has 1 aliphatic heterocycles. The second kappa shape index (κ2) is 6.95. The molecule has 1 atom stereocenters. The summed E-state index contributed by atoms with van der Waals surface area (Å²) in [4.78, 5) is 19.0. The molecule has 0 aliphatic carbocycles. The molecule has 0 spiro atoms. The molecular formula is C15H21N3O2S. The number of carbonyl (C=O) groups excluding carboxylic acids is 1. The number of carbonyl (C=O) groups is 1. The molecule has 1 aliphatic rings. The van der Waals surface area contributed by atoms with Crippen molar-refractivity contribution in [1.29, 1.82) is 0 Å². The van der Waals surface area contributed by atoms with Gasteiger partial charge in [0.2, 0.25) is 0 Å². The summed E-state index contributed by atoms with van der Waals surface area (Å²) in [7, 11) is 0. The van der Waals surface area contributed by atoms with Crippen molar-refractivity contribution in [2.75, 3.05) is 13.2 Å². The average molecular weight is 307 g/mol. The fraction of sp³-hybridized carbons (Fsp3) is 0.533. The minimum absolute atomic E-state index is 0.0000954. The molecule has 1 amide bonds. The number of hydrogen-bond acceptors (Lipinski definition) is 4. The smallest absolute Gasteiger partial charge is 0.254 e. The van der Waals surface area contributed by atoms with Crippen LogP contribution in [0.25, 0.3) is 0 Å². The number of rotatable bonds is 6. The fourth-order valence-electron chi connectivity index (χ4n) is 2.49. The van der Waals surface area contributed by atoms with E-state index in [2.05, 4.69) is 4.98 Å². The van der Waals surface area contributed by atoms with Crippen molar-refractivity contribution in [2.45, 2.75) is 38.3 Å². The minimum atomic E-state index is -0.724. The number of nitrogens with zero attached hydrogens (tertiary/aromatic N) is 2. The molecule has 1 saturated heterocycles. The second-order valence-electron chi connectivity index (χ2n) is 5.49. The molecule has 1 aromatic heterocycles. The van der Waals surface area contributed by atoms with Crippen molar-refractivity contribution in [3.63, 3.8) is 0 Å². The molecule has 21 heavy (non-hydrogen) atoms. The van der Waals surface area contributed by atoms with Gasteiger partial charge in [-0.1, -0.05) is 18.3 Å². The van der Waals surface area contributed by atoms with Crippen LogP contribution in [0.3, 0.4) is 0 Å². The van der Waals surface area contributed by atoms with Crippen molar-refractivity contribution in [3.05, 3.63) is 30.1 Å². The van der Waals surface area contributed by atoms with E-state index in [0.29, 0.717) is 31.1 Å². The summed E-state index contributed by atoms with van der Waals surface area (Å²) in [5.41, 5.74) is 5.83. The summed E-state index contributed by atoms with van der Waals surface area (Å²) < 4.78 is 5.66. The van der Waals surface area contributed by atoms with Crippen LogP contribution in [0, 0.1) is 0 Å². The van der Waals surface area contributed by atoms with E-state index in [-0.39, 0.29) is 5.91 Å². The molecule has 1 fully saturated rings. The van der Waals surface area contributed by atoms with E-state index >= 15 is 0 Å². The topological polar surface area (TPSA) is 68.5 Å². The van der Waals surface area contributed by atoms with E-state index in [0.717, 1.165) is 18.4 Å². The monoisotopic (exact) mass is 307 g/mol. The quantitative estimate of drug-likeness (QED) is 0.810. The molecule has 114 valence electrons. The van der Waals surface area contributed by atoms with Gasteiger partial charge in [-0.3, -0.25) is 9.78 Å². The predicted molar refractivity (Wildman–Crippen MR) is 84.6 cm³/mol. The zero-order chi connectivity index (χ0) is 15.3. The molecule has 2 rings (SSSR count). The third-order valence-corrected chi connectivity index (χ3v) is 3.89. The summed E-state index contributed by atoms with van der Waals surface area (Å²) in [6.45, 7) is 3.49. The first-order chi connectivity index (χ1) is 10.0. The summed E-state index contributed by atoms with van der Waals surface area (Å²) in [5, 5.41) is 0. The Balaban J connectivity index is 2.11. The number of ether oxygens (including phenoxy) is 1. The molecule has 1 aromatic rings. The third-order valence-electron chi connectivity index (χ3n) is 3.68. The standard InChI is InChI=1S/C15H21N3O2S/c1-15(6-3-9-20-15)14(19)18(8-5-13(16)21)11-12-4-2-7-17-10-12/h2,4,7,10H,3,5-6,8-9,11H2,1H3,(H2,16,21). The van der Waals surface area contributed by atoms with E-state index in [1.165, 1.54) is 0 Å².